The van der Waals surface area contributed by atoms with Gasteiger partial charge in [-0.15, -0.1) is 0 Å². The molecule has 0 radical (unpaired) electrons. The molecule has 1 aromatic rings. The monoisotopic (exact) mass is 347 g/mol. The quantitative estimate of drug-likeness (QED) is 0.844. The number of piperidine rings is 1. The molecule has 4 rings (SSSR count). The molecule has 2 saturated heterocycles. The predicted molar refractivity (Wildman–Crippen MR) is 93.5 cm³/mol. The van der Waals surface area contributed by atoms with Gasteiger partial charge in [-0.2, -0.15) is 5.10 Å². The van der Waals surface area contributed by atoms with Gasteiger partial charge < -0.3 is 14.4 Å². The summed E-state index contributed by atoms with van der Waals surface area (Å²) >= 11 is 0. The van der Waals surface area contributed by atoms with Crippen molar-refractivity contribution in [3.05, 3.63) is 17.5 Å². The summed E-state index contributed by atoms with van der Waals surface area (Å²) in [5.41, 5.74) is 1.63. The Hall–Kier alpha value is -1.40. The van der Waals surface area contributed by atoms with E-state index < -0.39 is 0 Å². The first-order chi connectivity index (χ1) is 11.9. The Labute approximate surface area is 149 Å². The van der Waals surface area contributed by atoms with Crippen LogP contribution >= 0.6 is 0 Å². The highest BCUT2D eigenvalue weighted by Crippen LogP contribution is 2.40. The van der Waals surface area contributed by atoms with Crippen molar-refractivity contribution in [3.63, 3.8) is 0 Å². The van der Waals surface area contributed by atoms with E-state index in [2.05, 4.69) is 20.8 Å². The van der Waals surface area contributed by atoms with Gasteiger partial charge in [0.15, 0.2) is 6.29 Å². The fourth-order valence-corrected chi connectivity index (χ4v) is 3.83. The number of hydrogen-bond acceptors (Lipinski definition) is 4. The minimum absolute atomic E-state index is 0.0705. The van der Waals surface area contributed by atoms with Crippen molar-refractivity contribution < 1.29 is 14.3 Å². The number of hydrogen-bond donors (Lipinski definition) is 0. The summed E-state index contributed by atoms with van der Waals surface area (Å²) in [7, 11) is 0. The summed E-state index contributed by atoms with van der Waals surface area (Å²) in [5.74, 6) is 1.07. The Morgan fingerprint density at radius 1 is 1.12 bits per heavy atom. The van der Waals surface area contributed by atoms with E-state index in [1.54, 1.807) is 0 Å². The van der Waals surface area contributed by atoms with Crippen molar-refractivity contribution in [2.45, 2.75) is 64.2 Å². The molecule has 0 bridgehead atoms. The first kappa shape index (κ1) is 17.0. The molecule has 138 valence electrons. The minimum Gasteiger partial charge on any atom is -0.350 e. The van der Waals surface area contributed by atoms with E-state index in [4.69, 9.17) is 14.6 Å². The third kappa shape index (κ3) is 3.47. The molecule has 2 aliphatic heterocycles. The molecule has 3 fully saturated rings. The third-order valence-corrected chi connectivity index (χ3v) is 5.44. The van der Waals surface area contributed by atoms with Crippen LogP contribution in [0.2, 0.25) is 0 Å². The van der Waals surface area contributed by atoms with Crippen LogP contribution in [0.25, 0.3) is 0 Å². The molecule has 6 heteroatoms. The van der Waals surface area contributed by atoms with E-state index in [1.807, 2.05) is 15.6 Å². The first-order valence-electron chi connectivity index (χ1n) is 9.56. The summed E-state index contributed by atoms with van der Waals surface area (Å²) in [6.45, 7) is 9.23. The maximum Gasteiger partial charge on any atom is 0.272 e. The van der Waals surface area contributed by atoms with Crippen LogP contribution in [-0.2, 0) is 15.0 Å². The number of likely N-dealkylation sites (tertiary alicyclic amines) is 1. The smallest absolute Gasteiger partial charge is 0.272 e. The molecular formula is C19H29N3O3. The number of rotatable bonds is 3. The van der Waals surface area contributed by atoms with Gasteiger partial charge in [0, 0.05) is 24.9 Å². The van der Waals surface area contributed by atoms with Gasteiger partial charge in [0.05, 0.1) is 24.4 Å². The van der Waals surface area contributed by atoms with Crippen LogP contribution in [0.3, 0.4) is 0 Å². The van der Waals surface area contributed by atoms with Crippen LogP contribution in [-0.4, -0.2) is 53.2 Å². The summed E-state index contributed by atoms with van der Waals surface area (Å²) < 4.78 is 13.2. The van der Waals surface area contributed by atoms with Crippen LogP contribution in [0, 0.1) is 5.92 Å². The summed E-state index contributed by atoms with van der Waals surface area (Å²) in [5, 5.41) is 4.77. The number of amides is 1. The molecule has 1 amide bonds. The molecule has 0 N–H and O–H groups in total. The Kier molecular flexibility index (Phi) is 4.36. The van der Waals surface area contributed by atoms with E-state index in [9.17, 15) is 4.79 Å². The van der Waals surface area contributed by atoms with Gasteiger partial charge in [-0.3, -0.25) is 9.48 Å². The van der Waals surface area contributed by atoms with E-state index in [0.29, 0.717) is 25.0 Å². The molecule has 0 unspecified atom stereocenters. The fourth-order valence-electron chi connectivity index (χ4n) is 3.83. The maximum absolute atomic E-state index is 13.2. The second-order valence-electron chi connectivity index (χ2n) is 8.55. The highest BCUT2D eigenvalue weighted by atomic mass is 16.7. The van der Waals surface area contributed by atoms with Crippen molar-refractivity contribution in [1.29, 1.82) is 0 Å². The summed E-state index contributed by atoms with van der Waals surface area (Å²) in [6.07, 6.45) is 4.20. The van der Waals surface area contributed by atoms with Gasteiger partial charge >= 0.3 is 0 Å². The van der Waals surface area contributed by atoms with E-state index >= 15 is 0 Å². The molecule has 0 spiro atoms. The van der Waals surface area contributed by atoms with Gasteiger partial charge in [0.2, 0.25) is 0 Å². The standard InChI is InChI=1S/C19H29N3O3/c1-19(2,3)22-16(12-15(20-22)13-4-5-13)17(23)21-8-6-14(7-9-21)18-24-10-11-25-18/h12-14,18H,4-11H2,1-3H3. The zero-order valence-corrected chi connectivity index (χ0v) is 15.5. The molecule has 25 heavy (non-hydrogen) atoms. The number of ether oxygens (including phenoxy) is 2. The Balaban J connectivity index is 1.47. The van der Waals surface area contributed by atoms with Crippen LogP contribution in [0.1, 0.15) is 68.6 Å². The Morgan fingerprint density at radius 2 is 1.76 bits per heavy atom. The third-order valence-electron chi connectivity index (χ3n) is 5.44. The number of nitrogens with zero attached hydrogens (tertiary/aromatic N) is 3. The van der Waals surface area contributed by atoms with Crippen molar-refractivity contribution in [2.75, 3.05) is 26.3 Å². The van der Waals surface area contributed by atoms with Crippen LogP contribution < -0.4 is 0 Å². The van der Waals surface area contributed by atoms with Crippen molar-refractivity contribution in [3.8, 4) is 0 Å². The molecular weight excluding hydrogens is 318 g/mol. The largest absolute Gasteiger partial charge is 0.350 e. The molecule has 1 aliphatic carbocycles. The predicted octanol–water partition coefficient (Wildman–Crippen LogP) is 2.74. The second-order valence-corrected chi connectivity index (χ2v) is 8.55. The zero-order chi connectivity index (χ0) is 17.6. The van der Waals surface area contributed by atoms with E-state index in [1.165, 1.54) is 12.8 Å². The summed E-state index contributed by atoms with van der Waals surface area (Å²) in [4.78, 5) is 15.1. The number of aromatic nitrogens is 2. The molecule has 3 heterocycles. The summed E-state index contributed by atoms with van der Waals surface area (Å²) in [6, 6.07) is 2.03. The number of carbonyl (C=O) groups excluding carboxylic acids is 1. The van der Waals surface area contributed by atoms with Crippen LogP contribution in [0.5, 0.6) is 0 Å². The van der Waals surface area contributed by atoms with Crippen LogP contribution in [0.15, 0.2) is 6.07 Å². The zero-order valence-electron chi connectivity index (χ0n) is 15.5. The molecule has 1 aromatic heterocycles. The number of carbonyl (C=O) groups is 1. The Bertz CT molecular complexity index is 631. The lowest BCUT2D eigenvalue weighted by Gasteiger charge is -2.34. The molecule has 3 aliphatic rings. The second kappa shape index (κ2) is 6.40. The van der Waals surface area contributed by atoms with Gasteiger partial charge in [-0.1, -0.05) is 0 Å². The highest BCUT2D eigenvalue weighted by molar-refractivity contribution is 5.93. The molecule has 1 saturated carbocycles. The molecule has 0 atom stereocenters. The van der Waals surface area contributed by atoms with E-state index in [0.717, 1.165) is 37.3 Å². The fraction of sp³-hybridized carbons (Fsp3) is 0.789. The normalized spacial score (nSPS) is 23.4. The maximum atomic E-state index is 13.2. The van der Waals surface area contributed by atoms with Gasteiger partial charge in [0.1, 0.15) is 5.69 Å². The SMILES string of the molecule is CC(C)(C)n1nc(C2CC2)cc1C(=O)N1CCC(C2OCCO2)CC1. The average molecular weight is 347 g/mol. The topological polar surface area (TPSA) is 56.6 Å². The molecule has 6 nitrogen and oxygen atoms in total. The first-order valence-corrected chi connectivity index (χ1v) is 9.56. The van der Waals surface area contributed by atoms with Crippen molar-refractivity contribution >= 4 is 5.91 Å². The lowest BCUT2D eigenvalue weighted by Crippen LogP contribution is -2.43. The lowest BCUT2D eigenvalue weighted by atomic mass is 9.96. The van der Waals surface area contributed by atoms with Gasteiger partial charge in [-0.25, -0.2) is 0 Å². The van der Waals surface area contributed by atoms with Gasteiger partial charge in [0.25, 0.3) is 5.91 Å². The van der Waals surface area contributed by atoms with Crippen molar-refractivity contribution in [2.24, 2.45) is 5.92 Å². The Morgan fingerprint density at radius 3 is 2.32 bits per heavy atom. The van der Waals surface area contributed by atoms with E-state index in [-0.39, 0.29) is 17.7 Å². The van der Waals surface area contributed by atoms with Gasteiger partial charge in [-0.05, 0) is 52.5 Å². The van der Waals surface area contributed by atoms with Crippen LogP contribution in [0.4, 0.5) is 0 Å². The lowest BCUT2D eigenvalue weighted by molar-refractivity contribution is -0.0956. The molecule has 0 aromatic carbocycles. The highest BCUT2D eigenvalue weighted by Gasteiger charge is 2.35. The minimum atomic E-state index is -0.192. The van der Waals surface area contributed by atoms with Crippen molar-refractivity contribution in [1.82, 2.24) is 14.7 Å². The average Bonchev–Trinajstić information content (AvgIpc) is 3.12.